The summed E-state index contributed by atoms with van der Waals surface area (Å²) < 4.78 is 2.26. The van der Waals surface area contributed by atoms with Crippen molar-refractivity contribution in [2.75, 3.05) is 24.5 Å². The smallest absolute Gasteiger partial charge is 0.240 e. The van der Waals surface area contributed by atoms with Crippen molar-refractivity contribution in [2.45, 2.75) is 39.2 Å². The lowest BCUT2D eigenvalue weighted by Gasteiger charge is -2.25. The van der Waals surface area contributed by atoms with Crippen LogP contribution < -0.4 is 10.2 Å². The monoisotopic (exact) mass is 339 g/mol. The molecule has 0 aliphatic carbocycles. The summed E-state index contributed by atoms with van der Waals surface area (Å²) in [6.07, 6.45) is 3.96. The largest absolute Gasteiger partial charge is 0.315 e. The maximum Gasteiger partial charge on any atom is 0.240 e. The van der Waals surface area contributed by atoms with Gasteiger partial charge in [0.1, 0.15) is 11.6 Å². The molecule has 0 bridgehead atoms. The number of fused-ring (bicyclic) bond motifs is 2. The van der Waals surface area contributed by atoms with Gasteiger partial charge in [-0.15, -0.1) is 10.2 Å². The number of carbonyl (C=O) groups is 1. The van der Waals surface area contributed by atoms with E-state index in [1.54, 1.807) is 0 Å². The third kappa shape index (κ3) is 3.18. The van der Waals surface area contributed by atoms with Crippen molar-refractivity contribution < 1.29 is 4.79 Å². The fraction of sp³-hybridized carbons (Fsp3) is 0.526. The number of amides is 1. The number of aromatic nitrogens is 3. The van der Waals surface area contributed by atoms with Crippen molar-refractivity contribution in [1.29, 1.82) is 0 Å². The van der Waals surface area contributed by atoms with Crippen LogP contribution >= 0.6 is 0 Å². The molecule has 2 aliphatic rings. The quantitative estimate of drug-likeness (QED) is 0.898. The van der Waals surface area contributed by atoms with Gasteiger partial charge in [0.15, 0.2) is 0 Å². The molecular formula is C19H25N5O. The highest BCUT2D eigenvalue weighted by Gasteiger charge is 2.25. The molecule has 1 amide bonds. The third-order valence-corrected chi connectivity index (χ3v) is 5.33. The number of hydrogen-bond acceptors (Lipinski definition) is 4. The van der Waals surface area contributed by atoms with Gasteiger partial charge in [0.05, 0.1) is 6.54 Å². The highest BCUT2D eigenvalue weighted by atomic mass is 16.2. The minimum Gasteiger partial charge on any atom is -0.315 e. The zero-order valence-electron chi connectivity index (χ0n) is 14.7. The Balaban J connectivity index is 1.29. The molecule has 3 heterocycles. The van der Waals surface area contributed by atoms with Gasteiger partial charge >= 0.3 is 0 Å². The van der Waals surface area contributed by atoms with E-state index in [9.17, 15) is 4.79 Å². The lowest BCUT2D eigenvalue weighted by Crippen LogP contribution is -2.40. The first-order chi connectivity index (χ1) is 12.3. The van der Waals surface area contributed by atoms with Gasteiger partial charge in [0.25, 0.3) is 0 Å². The average Bonchev–Trinajstić information content (AvgIpc) is 3.25. The van der Waals surface area contributed by atoms with E-state index in [4.69, 9.17) is 0 Å². The Morgan fingerprint density at radius 2 is 2.16 bits per heavy atom. The molecule has 0 fully saturated rings. The zero-order chi connectivity index (χ0) is 17.2. The third-order valence-electron chi connectivity index (χ3n) is 5.33. The summed E-state index contributed by atoms with van der Waals surface area (Å²) in [7, 11) is 0. The normalized spacial score (nSPS) is 18.9. The topological polar surface area (TPSA) is 63.1 Å². The number of nitrogens with one attached hydrogen (secondary N) is 1. The summed E-state index contributed by atoms with van der Waals surface area (Å²) in [5, 5.41) is 11.9. The van der Waals surface area contributed by atoms with E-state index in [1.165, 1.54) is 5.56 Å². The molecule has 0 saturated heterocycles. The minimum absolute atomic E-state index is 0.167. The van der Waals surface area contributed by atoms with E-state index >= 15 is 0 Å². The molecule has 4 rings (SSSR count). The minimum atomic E-state index is 0.167. The van der Waals surface area contributed by atoms with E-state index in [2.05, 4.69) is 33.1 Å². The lowest BCUT2D eigenvalue weighted by molar-refractivity contribution is -0.117. The van der Waals surface area contributed by atoms with E-state index < -0.39 is 0 Å². The van der Waals surface area contributed by atoms with Gasteiger partial charge in [-0.2, -0.15) is 0 Å². The van der Waals surface area contributed by atoms with Crippen LogP contribution in [-0.2, 0) is 30.6 Å². The molecule has 1 aromatic carbocycles. The molecule has 2 aromatic rings. The first-order valence-electron chi connectivity index (χ1n) is 9.26. The van der Waals surface area contributed by atoms with Crippen LogP contribution in [-0.4, -0.2) is 40.3 Å². The fourth-order valence-electron chi connectivity index (χ4n) is 3.95. The second kappa shape index (κ2) is 6.96. The Labute approximate surface area is 148 Å². The second-order valence-corrected chi connectivity index (χ2v) is 6.96. The summed E-state index contributed by atoms with van der Waals surface area (Å²) in [5.41, 5.74) is 2.35. The molecule has 2 aliphatic heterocycles. The van der Waals surface area contributed by atoms with Gasteiger partial charge in [-0.3, -0.25) is 4.79 Å². The molecule has 1 atom stereocenters. The fourth-order valence-corrected chi connectivity index (χ4v) is 3.95. The Hall–Kier alpha value is -2.21. The number of benzene rings is 1. The summed E-state index contributed by atoms with van der Waals surface area (Å²) in [6, 6.07) is 8.20. The van der Waals surface area contributed by atoms with Gasteiger partial charge in [0, 0.05) is 38.2 Å². The van der Waals surface area contributed by atoms with E-state index in [0.717, 1.165) is 62.7 Å². The Morgan fingerprint density at radius 1 is 1.28 bits per heavy atom. The van der Waals surface area contributed by atoms with Gasteiger partial charge < -0.3 is 14.8 Å². The molecule has 6 heteroatoms. The van der Waals surface area contributed by atoms with Crippen LogP contribution in [0.4, 0.5) is 5.69 Å². The average molecular weight is 339 g/mol. The number of nitrogens with zero attached hydrogens (tertiary/aromatic N) is 4. The number of para-hydroxylation sites is 1. The van der Waals surface area contributed by atoms with Crippen LogP contribution in [0.3, 0.4) is 0 Å². The first-order valence-corrected chi connectivity index (χ1v) is 9.26. The van der Waals surface area contributed by atoms with Crippen LogP contribution in [0, 0.1) is 5.92 Å². The molecule has 0 saturated carbocycles. The van der Waals surface area contributed by atoms with Gasteiger partial charge in [0.2, 0.25) is 5.91 Å². The van der Waals surface area contributed by atoms with Crippen molar-refractivity contribution >= 4 is 11.6 Å². The van der Waals surface area contributed by atoms with Crippen molar-refractivity contribution in [3.05, 3.63) is 41.5 Å². The van der Waals surface area contributed by atoms with Crippen molar-refractivity contribution in [2.24, 2.45) is 5.92 Å². The summed E-state index contributed by atoms with van der Waals surface area (Å²) in [6.45, 7) is 5.14. The van der Waals surface area contributed by atoms with Crippen LogP contribution in [0.25, 0.3) is 0 Å². The summed E-state index contributed by atoms with van der Waals surface area (Å²) >= 11 is 0. The van der Waals surface area contributed by atoms with E-state index in [-0.39, 0.29) is 5.91 Å². The van der Waals surface area contributed by atoms with Crippen LogP contribution in [0.5, 0.6) is 0 Å². The van der Waals surface area contributed by atoms with Crippen molar-refractivity contribution in [1.82, 2.24) is 20.1 Å². The van der Waals surface area contributed by atoms with E-state index in [1.807, 2.05) is 23.1 Å². The Kier molecular flexibility index (Phi) is 4.53. The number of carbonyl (C=O) groups excluding carboxylic acids is 1. The second-order valence-electron chi connectivity index (χ2n) is 6.96. The highest BCUT2D eigenvalue weighted by molar-refractivity contribution is 5.96. The van der Waals surface area contributed by atoms with Crippen LogP contribution in [0.1, 0.15) is 30.6 Å². The molecule has 1 unspecified atom stereocenters. The predicted molar refractivity (Wildman–Crippen MR) is 96.6 cm³/mol. The zero-order valence-corrected chi connectivity index (χ0v) is 14.7. The van der Waals surface area contributed by atoms with Gasteiger partial charge in [-0.1, -0.05) is 25.1 Å². The number of aryl methyl sites for hydroxylation is 2. The molecule has 25 heavy (non-hydrogen) atoms. The maximum atomic E-state index is 12.5. The van der Waals surface area contributed by atoms with Gasteiger partial charge in [-0.25, -0.2) is 0 Å². The molecule has 6 nitrogen and oxygen atoms in total. The molecular weight excluding hydrogens is 314 g/mol. The van der Waals surface area contributed by atoms with Crippen LogP contribution in [0.2, 0.25) is 0 Å². The standard InChI is InChI=1S/C19H25N5O/c1-2-17-21-22-18-8-7-14(13-24(17)18)11-20-12-19(25)23-10-9-15-5-3-4-6-16(15)23/h3-6,14,20H,2,7-13H2,1H3. The maximum absolute atomic E-state index is 12.5. The first kappa shape index (κ1) is 16.3. The Morgan fingerprint density at radius 3 is 3.04 bits per heavy atom. The molecule has 0 spiro atoms. The predicted octanol–water partition coefficient (Wildman–Crippen LogP) is 1.58. The molecule has 1 aromatic heterocycles. The van der Waals surface area contributed by atoms with Crippen molar-refractivity contribution in [3.8, 4) is 0 Å². The molecule has 1 N–H and O–H groups in total. The summed E-state index contributed by atoms with van der Waals surface area (Å²) in [5.74, 6) is 2.88. The number of rotatable bonds is 5. The lowest BCUT2D eigenvalue weighted by atomic mass is 9.99. The van der Waals surface area contributed by atoms with E-state index in [0.29, 0.717) is 12.5 Å². The Bertz CT molecular complexity index is 755. The molecule has 132 valence electrons. The SMILES string of the molecule is CCc1nnc2n1CC(CNCC(=O)N1CCc3ccccc31)CC2. The number of hydrogen-bond donors (Lipinski definition) is 1. The number of anilines is 1. The van der Waals surface area contributed by atoms with Crippen LogP contribution in [0.15, 0.2) is 24.3 Å². The van der Waals surface area contributed by atoms with Crippen molar-refractivity contribution in [3.63, 3.8) is 0 Å². The summed E-state index contributed by atoms with van der Waals surface area (Å²) in [4.78, 5) is 14.5. The van der Waals surface area contributed by atoms with Gasteiger partial charge in [-0.05, 0) is 30.4 Å². The molecule has 0 radical (unpaired) electrons. The highest BCUT2D eigenvalue weighted by Crippen LogP contribution is 2.27.